The number of hydrogen-bond donors (Lipinski definition) is 3. The smallest absolute Gasteiger partial charge is 0.241 e. The first kappa shape index (κ1) is 21.2. The summed E-state index contributed by atoms with van der Waals surface area (Å²) in [5.74, 6) is 0.378. The highest BCUT2D eigenvalue weighted by Gasteiger charge is 2.35. The van der Waals surface area contributed by atoms with E-state index in [-0.39, 0.29) is 29.8 Å². The number of hydrazine groups is 1. The highest BCUT2D eigenvalue weighted by Crippen LogP contribution is 2.25. The molecule has 2 amide bonds. The van der Waals surface area contributed by atoms with Gasteiger partial charge in [-0.2, -0.15) is 0 Å². The fourth-order valence-electron chi connectivity index (χ4n) is 5.03. The maximum atomic E-state index is 13.0. The van der Waals surface area contributed by atoms with Gasteiger partial charge in [-0.3, -0.25) is 14.6 Å². The molecule has 164 valence electrons. The number of nitrogens with zero attached hydrogens (tertiary/aromatic N) is 2. The van der Waals surface area contributed by atoms with Crippen LogP contribution >= 0.6 is 0 Å². The summed E-state index contributed by atoms with van der Waals surface area (Å²) < 4.78 is 0. The Morgan fingerprint density at radius 2 is 1.60 bits per heavy atom. The highest BCUT2D eigenvalue weighted by molar-refractivity contribution is 5.83. The average molecular weight is 414 g/mol. The van der Waals surface area contributed by atoms with Crippen LogP contribution in [0.4, 0.5) is 0 Å². The van der Waals surface area contributed by atoms with Crippen LogP contribution in [-0.4, -0.2) is 46.9 Å². The quantitative estimate of drug-likeness (QED) is 0.706. The number of pyridine rings is 1. The number of aromatic nitrogens is 1. The van der Waals surface area contributed by atoms with E-state index in [1.54, 1.807) is 12.4 Å². The van der Waals surface area contributed by atoms with Gasteiger partial charge >= 0.3 is 0 Å². The molecule has 2 atom stereocenters. The average Bonchev–Trinajstić information content (AvgIpc) is 3.26. The molecule has 1 aromatic heterocycles. The SMILES string of the molecule is O=C(NC1CCCCCCC1)C1CCN(C(=O)C2CC(c3ccncc3)NN2)CC1. The molecule has 1 saturated carbocycles. The van der Waals surface area contributed by atoms with Crippen LogP contribution in [0.1, 0.15) is 75.8 Å². The van der Waals surface area contributed by atoms with E-state index in [1.165, 1.54) is 32.1 Å². The molecule has 0 radical (unpaired) electrons. The van der Waals surface area contributed by atoms with Crippen molar-refractivity contribution >= 4 is 11.8 Å². The third-order valence-corrected chi connectivity index (χ3v) is 6.94. The van der Waals surface area contributed by atoms with Crippen LogP contribution in [0, 0.1) is 5.92 Å². The van der Waals surface area contributed by atoms with Gasteiger partial charge < -0.3 is 10.2 Å². The molecule has 1 aliphatic carbocycles. The number of rotatable bonds is 4. The van der Waals surface area contributed by atoms with E-state index in [1.807, 2.05) is 17.0 Å². The summed E-state index contributed by atoms with van der Waals surface area (Å²) in [6, 6.07) is 4.20. The normalized spacial score (nSPS) is 26.7. The lowest BCUT2D eigenvalue weighted by atomic mass is 9.92. The lowest BCUT2D eigenvalue weighted by molar-refractivity contribution is -0.137. The third-order valence-electron chi connectivity index (χ3n) is 6.94. The summed E-state index contributed by atoms with van der Waals surface area (Å²) in [6.45, 7) is 1.33. The third kappa shape index (κ3) is 5.38. The molecule has 3 aliphatic rings. The number of amides is 2. The zero-order valence-electron chi connectivity index (χ0n) is 17.8. The molecule has 0 bridgehead atoms. The molecule has 2 aliphatic heterocycles. The van der Waals surface area contributed by atoms with Gasteiger partial charge in [0.2, 0.25) is 11.8 Å². The number of hydrogen-bond acceptors (Lipinski definition) is 5. The number of likely N-dealkylation sites (tertiary alicyclic amines) is 1. The molecule has 3 heterocycles. The van der Waals surface area contributed by atoms with E-state index in [4.69, 9.17) is 0 Å². The van der Waals surface area contributed by atoms with Crippen molar-refractivity contribution in [1.29, 1.82) is 0 Å². The summed E-state index contributed by atoms with van der Waals surface area (Å²) in [4.78, 5) is 31.7. The van der Waals surface area contributed by atoms with Crippen molar-refractivity contribution < 1.29 is 9.59 Å². The van der Waals surface area contributed by atoms with E-state index in [9.17, 15) is 9.59 Å². The van der Waals surface area contributed by atoms with Crippen LogP contribution in [0.2, 0.25) is 0 Å². The van der Waals surface area contributed by atoms with Gasteiger partial charge in [-0.25, -0.2) is 10.9 Å². The van der Waals surface area contributed by atoms with Crippen molar-refractivity contribution in [2.24, 2.45) is 5.92 Å². The maximum absolute atomic E-state index is 13.0. The van der Waals surface area contributed by atoms with Crippen LogP contribution in [0.3, 0.4) is 0 Å². The topological polar surface area (TPSA) is 86.4 Å². The molecular weight excluding hydrogens is 378 g/mol. The fraction of sp³-hybridized carbons (Fsp3) is 0.696. The Morgan fingerprint density at radius 1 is 0.933 bits per heavy atom. The maximum Gasteiger partial charge on any atom is 0.241 e. The Labute approximate surface area is 179 Å². The van der Waals surface area contributed by atoms with Crippen molar-refractivity contribution in [2.75, 3.05) is 13.1 Å². The zero-order chi connectivity index (χ0) is 20.8. The van der Waals surface area contributed by atoms with E-state index < -0.39 is 0 Å². The van der Waals surface area contributed by atoms with E-state index in [0.717, 1.165) is 37.7 Å². The number of nitrogens with one attached hydrogen (secondary N) is 3. The molecule has 0 spiro atoms. The molecule has 7 nitrogen and oxygen atoms in total. The van der Waals surface area contributed by atoms with E-state index in [0.29, 0.717) is 19.1 Å². The summed E-state index contributed by atoms with van der Waals surface area (Å²) in [6.07, 6.45) is 14.4. The standard InChI is InChI=1S/C23H35N5O2/c29-22(25-19-6-4-2-1-3-5-7-19)18-10-14-28(15-11-18)23(30)21-16-20(26-27-21)17-8-12-24-13-9-17/h8-9,12-13,18-21,26-27H,1-7,10-11,14-16H2,(H,25,29). The molecule has 0 aromatic carbocycles. The first-order valence-electron chi connectivity index (χ1n) is 11.7. The second kappa shape index (κ2) is 10.4. The Kier molecular flexibility index (Phi) is 7.33. The number of piperidine rings is 1. The van der Waals surface area contributed by atoms with Gasteiger partial charge in [0.25, 0.3) is 0 Å². The fourth-order valence-corrected chi connectivity index (χ4v) is 5.03. The van der Waals surface area contributed by atoms with Crippen LogP contribution < -0.4 is 16.2 Å². The van der Waals surface area contributed by atoms with Gasteiger partial charge in [-0.05, 0) is 49.8 Å². The molecular formula is C23H35N5O2. The zero-order valence-corrected chi connectivity index (χ0v) is 17.8. The van der Waals surface area contributed by atoms with Gasteiger partial charge in [0, 0.05) is 43.5 Å². The lowest BCUT2D eigenvalue weighted by Crippen LogP contribution is -2.50. The minimum absolute atomic E-state index is 0.0405. The van der Waals surface area contributed by atoms with E-state index >= 15 is 0 Å². The molecule has 3 N–H and O–H groups in total. The monoisotopic (exact) mass is 413 g/mol. The minimum atomic E-state index is -0.219. The van der Waals surface area contributed by atoms with Gasteiger partial charge in [0.1, 0.15) is 6.04 Å². The molecule has 2 unspecified atom stereocenters. The van der Waals surface area contributed by atoms with Crippen molar-refractivity contribution in [3.05, 3.63) is 30.1 Å². The van der Waals surface area contributed by atoms with Crippen molar-refractivity contribution in [3.63, 3.8) is 0 Å². The highest BCUT2D eigenvalue weighted by atomic mass is 16.2. The Hall–Kier alpha value is -1.99. The van der Waals surface area contributed by atoms with Crippen molar-refractivity contribution in [3.8, 4) is 0 Å². The van der Waals surface area contributed by atoms with Crippen LogP contribution in [0.15, 0.2) is 24.5 Å². The van der Waals surface area contributed by atoms with Crippen molar-refractivity contribution in [2.45, 2.75) is 82.3 Å². The molecule has 1 aromatic rings. The second-order valence-electron chi connectivity index (χ2n) is 9.06. The molecule has 3 fully saturated rings. The van der Waals surface area contributed by atoms with Gasteiger partial charge in [-0.1, -0.05) is 32.1 Å². The summed E-state index contributed by atoms with van der Waals surface area (Å²) in [7, 11) is 0. The minimum Gasteiger partial charge on any atom is -0.353 e. The van der Waals surface area contributed by atoms with Crippen molar-refractivity contribution in [1.82, 2.24) is 26.1 Å². The summed E-state index contributed by atoms with van der Waals surface area (Å²) in [5.41, 5.74) is 7.53. The predicted molar refractivity (Wildman–Crippen MR) is 115 cm³/mol. The van der Waals surface area contributed by atoms with Gasteiger partial charge in [0.05, 0.1) is 0 Å². The van der Waals surface area contributed by atoms with E-state index in [2.05, 4.69) is 21.2 Å². The Balaban J connectivity index is 1.22. The predicted octanol–water partition coefficient (Wildman–Crippen LogP) is 2.46. The Bertz CT molecular complexity index is 697. The Morgan fingerprint density at radius 3 is 2.30 bits per heavy atom. The largest absolute Gasteiger partial charge is 0.353 e. The first-order valence-corrected chi connectivity index (χ1v) is 11.7. The second-order valence-corrected chi connectivity index (χ2v) is 9.06. The van der Waals surface area contributed by atoms with Gasteiger partial charge in [0.15, 0.2) is 0 Å². The number of carbonyl (C=O) groups excluding carboxylic acids is 2. The van der Waals surface area contributed by atoms with Gasteiger partial charge in [-0.15, -0.1) is 0 Å². The summed E-state index contributed by atoms with van der Waals surface area (Å²) >= 11 is 0. The first-order chi connectivity index (χ1) is 14.7. The summed E-state index contributed by atoms with van der Waals surface area (Å²) in [5, 5.41) is 3.31. The molecule has 4 rings (SSSR count). The number of carbonyl (C=O) groups is 2. The lowest BCUT2D eigenvalue weighted by Gasteiger charge is -2.33. The molecule has 30 heavy (non-hydrogen) atoms. The van der Waals surface area contributed by atoms with Crippen LogP contribution in [0.25, 0.3) is 0 Å². The van der Waals surface area contributed by atoms with Crippen LogP contribution in [-0.2, 0) is 9.59 Å². The molecule has 7 heteroatoms. The van der Waals surface area contributed by atoms with Crippen LogP contribution in [0.5, 0.6) is 0 Å². The molecule has 2 saturated heterocycles.